The van der Waals surface area contributed by atoms with E-state index in [1.54, 1.807) is 0 Å². The summed E-state index contributed by atoms with van der Waals surface area (Å²) in [5.41, 5.74) is 3.70. The summed E-state index contributed by atoms with van der Waals surface area (Å²) in [5, 5.41) is 0. The zero-order valence-electron chi connectivity index (χ0n) is 14.1. The van der Waals surface area contributed by atoms with Gasteiger partial charge in [-0.2, -0.15) is 4.57 Å². The second kappa shape index (κ2) is 5.15. The highest BCUT2D eigenvalue weighted by molar-refractivity contribution is 5.48. The minimum absolute atomic E-state index is 0.266. The zero-order valence-corrected chi connectivity index (χ0v) is 14.1. The summed E-state index contributed by atoms with van der Waals surface area (Å²) in [4.78, 5) is 0. The maximum atomic E-state index is 6.33. The van der Waals surface area contributed by atoms with Crippen LogP contribution in [0.2, 0.25) is 0 Å². The minimum Gasteiger partial charge on any atom is -0.348 e. The van der Waals surface area contributed by atoms with Gasteiger partial charge in [0, 0.05) is 30.9 Å². The summed E-state index contributed by atoms with van der Waals surface area (Å²) in [6.07, 6.45) is 3.04. The lowest BCUT2D eigenvalue weighted by Gasteiger charge is -2.54. The topological polar surface area (TPSA) is 22.3 Å². The molecule has 3 heterocycles. The fraction of sp³-hybridized carbons (Fsp3) is 0.450. The Kier molecular flexibility index (Phi) is 3.33. The molecule has 1 aromatic carbocycles. The molecule has 0 spiro atoms. The first-order valence-corrected chi connectivity index (χ1v) is 8.56. The van der Waals surface area contributed by atoms with Crippen LogP contribution >= 0.6 is 0 Å². The van der Waals surface area contributed by atoms with Crippen LogP contribution in [0.3, 0.4) is 0 Å². The third-order valence-electron chi connectivity index (χ3n) is 5.58. The Bertz CT molecular complexity index is 686. The van der Waals surface area contributed by atoms with Crippen molar-refractivity contribution < 1.29 is 14.0 Å². The molecule has 0 saturated carbocycles. The van der Waals surface area contributed by atoms with E-state index in [4.69, 9.17) is 9.47 Å². The molecule has 2 atom stereocenters. The average Bonchev–Trinajstić information content (AvgIpc) is 2.58. The molecule has 2 bridgehead atoms. The highest BCUT2D eigenvalue weighted by Gasteiger charge is 2.67. The molecule has 2 aliphatic heterocycles. The van der Waals surface area contributed by atoms with Crippen LogP contribution in [0.5, 0.6) is 0 Å². The second-order valence-corrected chi connectivity index (χ2v) is 6.54. The second-order valence-electron chi connectivity index (χ2n) is 6.54. The summed E-state index contributed by atoms with van der Waals surface area (Å²) in [5.74, 6) is -0.600. The lowest BCUT2D eigenvalue weighted by Crippen LogP contribution is -2.70. The van der Waals surface area contributed by atoms with E-state index in [-0.39, 0.29) is 11.5 Å². The van der Waals surface area contributed by atoms with E-state index in [2.05, 4.69) is 74.0 Å². The summed E-state index contributed by atoms with van der Waals surface area (Å²) in [6.45, 7) is 7.68. The Morgan fingerprint density at radius 2 is 1.74 bits per heavy atom. The molecule has 1 aliphatic carbocycles. The lowest BCUT2D eigenvalue weighted by atomic mass is 9.60. The Morgan fingerprint density at radius 1 is 1.04 bits per heavy atom. The van der Waals surface area contributed by atoms with E-state index in [0.29, 0.717) is 13.2 Å². The van der Waals surface area contributed by atoms with E-state index in [0.717, 1.165) is 6.42 Å². The molecule has 3 aliphatic rings. The zero-order chi connectivity index (χ0) is 16.1. The van der Waals surface area contributed by atoms with Gasteiger partial charge in [-0.15, -0.1) is 0 Å². The van der Waals surface area contributed by atoms with Gasteiger partial charge in [0.2, 0.25) is 0 Å². The van der Waals surface area contributed by atoms with Gasteiger partial charge in [-0.05, 0) is 26.3 Å². The number of hydrogen-bond acceptors (Lipinski definition) is 2. The number of pyridine rings is 1. The molecule has 5 rings (SSSR count). The first kappa shape index (κ1) is 14.9. The summed E-state index contributed by atoms with van der Waals surface area (Å²) in [7, 11) is 0. The van der Waals surface area contributed by atoms with Crippen molar-refractivity contribution in [2.45, 2.75) is 44.4 Å². The van der Waals surface area contributed by atoms with Crippen molar-refractivity contribution in [3.05, 3.63) is 65.5 Å². The molecule has 0 amide bonds. The number of rotatable bonds is 4. The fourth-order valence-corrected chi connectivity index (χ4v) is 4.66. The predicted molar refractivity (Wildman–Crippen MR) is 88.3 cm³/mol. The van der Waals surface area contributed by atoms with E-state index >= 15 is 0 Å². The maximum Gasteiger partial charge on any atom is 0.197 e. The van der Waals surface area contributed by atoms with Gasteiger partial charge in [0.05, 0.1) is 6.42 Å². The molecule has 3 heteroatoms. The van der Waals surface area contributed by atoms with E-state index in [1.165, 1.54) is 16.8 Å². The predicted octanol–water partition coefficient (Wildman–Crippen LogP) is 3.36. The van der Waals surface area contributed by atoms with Crippen molar-refractivity contribution in [2.75, 3.05) is 13.2 Å². The monoisotopic (exact) mass is 310 g/mol. The molecule has 1 aromatic heterocycles. The van der Waals surface area contributed by atoms with Gasteiger partial charge in [-0.3, -0.25) is 0 Å². The van der Waals surface area contributed by atoms with E-state index in [9.17, 15) is 0 Å². The van der Waals surface area contributed by atoms with Crippen molar-refractivity contribution in [1.29, 1.82) is 0 Å². The first-order valence-electron chi connectivity index (χ1n) is 8.56. The van der Waals surface area contributed by atoms with Gasteiger partial charge >= 0.3 is 0 Å². The van der Waals surface area contributed by atoms with Gasteiger partial charge in [-0.25, -0.2) is 0 Å². The van der Waals surface area contributed by atoms with Crippen LogP contribution in [0.25, 0.3) is 0 Å². The summed E-state index contributed by atoms with van der Waals surface area (Å²) in [6, 6.07) is 15.5. The SMILES string of the molecule is CCOC1(OCC)CC2c3ccccc3C1(C)c1cccc[n+]12. The number of hydrogen-bond donors (Lipinski definition) is 0. The molecular weight excluding hydrogens is 286 g/mol. The molecule has 0 radical (unpaired) electrons. The van der Waals surface area contributed by atoms with E-state index < -0.39 is 5.79 Å². The first-order chi connectivity index (χ1) is 11.2. The Hall–Kier alpha value is -1.71. The van der Waals surface area contributed by atoms with Crippen molar-refractivity contribution in [3.63, 3.8) is 0 Å². The van der Waals surface area contributed by atoms with Gasteiger partial charge in [-0.1, -0.05) is 30.3 Å². The third-order valence-corrected chi connectivity index (χ3v) is 5.58. The molecular formula is C20H24NO2+. The fourth-order valence-electron chi connectivity index (χ4n) is 4.66. The highest BCUT2D eigenvalue weighted by Crippen LogP contribution is 2.56. The third kappa shape index (κ3) is 1.75. The lowest BCUT2D eigenvalue weighted by molar-refractivity contribution is -0.742. The van der Waals surface area contributed by atoms with Gasteiger partial charge in [0.15, 0.2) is 23.7 Å². The van der Waals surface area contributed by atoms with Crippen molar-refractivity contribution in [1.82, 2.24) is 0 Å². The minimum atomic E-state index is -0.600. The number of benzene rings is 1. The molecule has 0 saturated heterocycles. The highest BCUT2D eigenvalue weighted by atomic mass is 16.7. The normalized spacial score (nSPS) is 26.7. The molecule has 23 heavy (non-hydrogen) atoms. The molecule has 2 aromatic rings. The maximum absolute atomic E-state index is 6.33. The van der Waals surface area contributed by atoms with Gasteiger partial charge in [0.25, 0.3) is 0 Å². The summed E-state index contributed by atoms with van der Waals surface area (Å²) < 4.78 is 15.1. The standard InChI is InChI=1S/C20H24NO2/c1-4-22-20(23-5-2)14-17-15-10-6-7-11-16(15)19(20,3)18-12-8-9-13-21(17)18/h6-13,17H,4-5,14H2,1-3H3/q+1. The Balaban J connectivity index is 2.04. The van der Waals surface area contributed by atoms with Crippen LogP contribution in [0, 0.1) is 0 Å². The van der Waals surface area contributed by atoms with E-state index in [1.807, 2.05) is 0 Å². The van der Waals surface area contributed by atoms with Crippen LogP contribution in [0.15, 0.2) is 48.7 Å². The number of ether oxygens (including phenoxy) is 2. The number of nitrogens with zero attached hydrogens (tertiary/aromatic N) is 1. The quantitative estimate of drug-likeness (QED) is 0.638. The van der Waals surface area contributed by atoms with Crippen molar-refractivity contribution in [3.8, 4) is 0 Å². The summed E-state index contributed by atoms with van der Waals surface area (Å²) >= 11 is 0. The molecule has 120 valence electrons. The largest absolute Gasteiger partial charge is 0.348 e. The van der Waals surface area contributed by atoms with Crippen LogP contribution in [-0.2, 0) is 14.9 Å². The number of aromatic nitrogens is 1. The van der Waals surface area contributed by atoms with Crippen LogP contribution in [0.4, 0.5) is 0 Å². The smallest absolute Gasteiger partial charge is 0.197 e. The molecule has 0 fully saturated rings. The van der Waals surface area contributed by atoms with Gasteiger partial charge < -0.3 is 9.47 Å². The van der Waals surface area contributed by atoms with Crippen LogP contribution < -0.4 is 4.57 Å². The molecule has 2 unspecified atom stereocenters. The number of fused-ring (bicyclic) bond motifs is 1. The van der Waals surface area contributed by atoms with Crippen LogP contribution in [0.1, 0.15) is 50.1 Å². The van der Waals surface area contributed by atoms with Gasteiger partial charge in [0.1, 0.15) is 5.41 Å². The Labute approximate surface area is 137 Å². The average molecular weight is 310 g/mol. The Morgan fingerprint density at radius 3 is 2.48 bits per heavy atom. The van der Waals surface area contributed by atoms with Crippen molar-refractivity contribution >= 4 is 0 Å². The van der Waals surface area contributed by atoms with Crippen molar-refractivity contribution in [2.24, 2.45) is 0 Å². The molecule has 3 nitrogen and oxygen atoms in total. The van der Waals surface area contributed by atoms with Crippen LogP contribution in [-0.4, -0.2) is 19.0 Å². The molecule has 0 N–H and O–H groups in total.